The molecule has 100 valence electrons. The Kier molecular flexibility index (Phi) is 3.52. The van der Waals surface area contributed by atoms with Crippen molar-refractivity contribution in [1.29, 1.82) is 0 Å². The molecule has 8 heteroatoms. The standard InChI is InChI=1S/C10H13NO5S2/c1-3-18(16)10-6(9(14)15)11-7(13)5(4(2)12)8(11)17-10/h4-5,8,12H,3H2,1-2H3,(H,14,15)/t4?,5-,8+,18?/m0/s1. The number of carbonyl (C=O) groups excluding carboxylic acids is 1. The molecule has 2 N–H and O–H groups in total. The Bertz CT molecular complexity index is 473. The molecule has 2 unspecified atom stereocenters. The Morgan fingerprint density at radius 1 is 1.61 bits per heavy atom. The van der Waals surface area contributed by atoms with E-state index in [0.29, 0.717) is 5.75 Å². The molecule has 1 saturated heterocycles. The third-order valence-electron chi connectivity index (χ3n) is 2.94. The molecule has 2 rings (SSSR count). The summed E-state index contributed by atoms with van der Waals surface area (Å²) in [5.41, 5.74) is -0.188. The van der Waals surface area contributed by atoms with Gasteiger partial charge in [-0.2, -0.15) is 0 Å². The highest BCUT2D eigenvalue weighted by Gasteiger charge is 2.58. The van der Waals surface area contributed by atoms with Gasteiger partial charge in [-0.3, -0.25) is 13.9 Å². The second-order valence-corrected chi connectivity index (χ2v) is 7.12. The van der Waals surface area contributed by atoms with Crippen molar-refractivity contribution < 1.29 is 24.0 Å². The van der Waals surface area contributed by atoms with E-state index < -0.39 is 40.1 Å². The van der Waals surface area contributed by atoms with Crippen LogP contribution in [0.25, 0.3) is 0 Å². The zero-order chi connectivity index (χ0) is 13.6. The molecule has 18 heavy (non-hydrogen) atoms. The third-order valence-corrected chi connectivity index (χ3v) is 6.07. The summed E-state index contributed by atoms with van der Waals surface area (Å²) in [4.78, 5) is 24.1. The summed E-state index contributed by atoms with van der Waals surface area (Å²) in [6.45, 7) is 3.18. The van der Waals surface area contributed by atoms with Gasteiger partial charge in [-0.15, -0.1) is 0 Å². The van der Waals surface area contributed by atoms with Crippen molar-refractivity contribution in [3.8, 4) is 0 Å². The average molecular weight is 291 g/mol. The fourth-order valence-electron chi connectivity index (χ4n) is 2.04. The summed E-state index contributed by atoms with van der Waals surface area (Å²) >= 11 is 1.11. The van der Waals surface area contributed by atoms with Crippen molar-refractivity contribution in [1.82, 2.24) is 4.90 Å². The van der Waals surface area contributed by atoms with Crippen molar-refractivity contribution in [2.45, 2.75) is 25.3 Å². The zero-order valence-electron chi connectivity index (χ0n) is 9.82. The predicted molar refractivity (Wildman–Crippen MR) is 66.7 cm³/mol. The van der Waals surface area contributed by atoms with Gasteiger partial charge in [0.1, 0.15) is 9.61 Å². The molecule has 1 fully saturated rings. The topological polar surface area (TPSA) is 94.9 Å². The van der Waals surface area contributed by atoms with Gasteiger partial charge in [0.2, 0.25) is 5.91 Å². The lowest BCUT2D eigenvalue weighted by molar-refractivity contribution is -0.156. The molecule has 1 amide bonds. The van der Waals surface area contributed by atoms with E-state index in [4.69, 9.17) is 5.11 Å². The SMILES string of the molecule is CCS(=O)C1=C(C(=O)O)N2C(=O)[C@H](C(C)O)[C@H]2S1. The Balaban J connectivity index is 2.36. The van der Waals surface area contributed by atoms with Crippen LogP contribution >= 0.6 is 11.8 Å². The lowest BCUT2D eigenvalue weighted by Gasteiger charge is -2.43. The van der Waals surface area contributed by atoms with E-state index in [9.17, 15) is 18.9 Å². The van der Waals surface area contributed by atoms with Crippen LogP contribution in [-0.2, 0) is 20.4 Å². The number of fused-ring (bicyclic) bond motifs is 1. The molecule has 0 saturated carbocycles. The molecule has 0 aromatic rings. The minimum Gasteiger partial charge on any atom is -0.477 e. The van der Waals surface area contributed by atoms with Crippen LogP contribution in [0.5, 0.6) is 0 Å². The first-order chi connectivity index (χ1) is 8.40. The number of nitrogens with zero attached hydrogens (tertiary/aromatic N) is 1. The molecule has 0 aromatic heterocycles. The van der Waals surface area contributed by atoms with Crippen molar-refractivity contribution >= 4 is 34.4 Å². The van der Waals surface area contributed by atoms with Crippen LogP contribution in [0, 0.1) is 5.92 Å². The quantitative estimate of drug-likeness (QED) is 0.704. The Labute approximate surface area is 110 Å². The van der Waals surface area contributed by atoms with Crippen molar-refractivity contribution in [2.24, 2.45) is 5.92 Å². The smallest absolute Gasteiger partial charge is 0.354 e. The molecule has 0 aromatic carbocycles. The summed E-state index contributed by atoms with van der Waals surface area (Å²) in [6.07, 6.45) is -0.837. The molecule has 4 atom stereocenters. The van der Waals surface area contributed by atoms with E-state index >= 15 is 0 Å². The minimum atomic E-state index is -1.41. The number of aliphatic hydroxyl groups excluding tert-OH is 1. The van der Waals surface area contributed by atoms with Gasteiger partial charge in [0, 0.05) is 5.75 Å². The molecule has 6 nitrogen and oxygen atoms in total. The number of β-lactam (4-membered cyclic amide) rings is 1. The number of rotatable bonds is 4. The zero-order valence-corrected chi connectivity index (χ0v) is 11.5. The minimum absolute atomic E-state index is 0.188. The van der Waals surface area contributed by atoms with E-state index in [0.717, 1.165) is 16.7 Å². The number of aliphatic carboxylic acids is 1. The second kappa shape index (κ2) is 4.67. The molecule has 2 aliphatic rings. The Morgan fingerprint density at radius 3 is 2.67 bits per heavy atom. The summed E-state index contributed by atoms with van der Waals surface area (Å²) in [7, 11) is -1.41. The first-order valence-electron chi connectivity index (χ1n) is 5.43. The van der Waals surface area contributed by atoms with Gasteiger partial charge in [-0.05, 0) is 6.92 Å². The lowest BCUT2D eigenvalue weighted by atomic mass is 9.92. The predicted octanol–water partition coefficient (Wildman–Crippen LogP) is -0.0792. The number of aliphatic hydroxyl groups is 1. The summed E-state index contributed by atoms with van der Waals surface area (Å²) in [6, 6.07) is 0. The van der Waals surface area contributed by atoms with E-state index in [1.54, 1.807) is 6.92 Å². The van der Waals surface area contributed by atoms with Crippen LogP contribution in [0.2, 0.25) is 0 Å². The monoisotopic (exact) mass is 291 g/mol. The van der Waals surface area contributed by atoms with E-state index in [2.05, 4.69) is 0 Å². The molecule has 0 bridgehead atoms. The summed E-state index contributed by atoms with van der Waals surface area (Å²) in [5, 5.41) is 18.2. The summed E-state index contributed by atoms with van der Waals surface area (Å²) in [5.74, 6) is -1.98. The fraction of sp³-hybridized carbons (Fsp3) is 0.600. The highest BCUT2D eigenvalue weighted by molar-refractivity contribution is 8.17. The largest absolute Gasteiger partial charge is 0.477 e. The first kappa shape index (κ1) is 13.6. The number of carboxylic acids is 1. The maximum Gasteiger partial charge on any atom is 0.354 e. The van der Waals surface area contributed by atoms with E-state index in [-0.39, 0.29) is 9.93 Å². The van der Waals surface area contributed by atoms with Gasteiger partial charge in [0.25, 0.3) is 0 Å². The van der Waals surface area contributed by atoms with Gasteiger partial charge in [-0.25, -0.2) is 4.79 Å². The number of carbonyl (C=O) groups is 2. The number of hydrogen-bond donors (Lipinski definition) is 2. The van der Waals surface area contributed by atoms with Crippen LogP contribution < -0.4 is 0 Å². The number of hydrogen-bond acceptors (Lipinski definition) is 5. The van der Waals surface area contributed by atoms with Gasteiger partial charge < -0.3 is 10.2 Å². The third kappa shape index (κ3) is 1.79. The number of amides is 1. The van der Waals surface area contributed by atoms with E-state index in [1.807, 2.05) is 0 Å². The Hall–Kier alpha value is -0.860. The van der Waals surface area contributed by atoms with Crippen LogP contribution in [0.15, 0.2) is 9.93 Å². The van der Waals surface area contributed by atoms with Crippen LogP contribution in [0.4, 0.5) is 0 Å². The van der Waals surface area contributed by atoms with Crippen molar-refractivity contribution in [3.63, 3.8) is 0 Å². The second-order valence-electron chi connectivity index (χ2n) is 4.06. The highest BCUT2D eigenvalue weighted by Crippen LogP contribution is 2.51. The maximum absolute atomic E-state index is 11.8. The van der Waals surface area contributed by atoms with Crippen LogP contribution in [0.3, 0.4) is 0 Å². The number of thioether (sulfide) groups is 1. The van der Waals surface area contributed by atoms with E-state index in [1.165, 1.54) is 6.92 Å². The van der Waals surface area contributed by atoms with Crippen LogP contribution in [-0.4, -0.2) is 48.4 Å². The highest BCUT2D eigenvalue weighted by atomic mass is 32.2. The Morgan fingerprint density at radius 2 is 2.22 bits per heavy atom. The molecule has 0 spiro atoms. The average Bonchev–Trinajstić information content (AvgIpc) is 2.62. The molecule has 2 aliphatic heterocycles. The molecular formula is C10H13NO5S2. The maximum atomic E-state index is 11.8. The van der Waals surface area contributed by atoms with Gasteiger partial charge >= 0.3 is 5.97 Å². The molecule has 0 aliphatic carbocycles. The van der Waals surface area contributed by atoms with Crippen molar-refractivity contribution in [3.05, 3.63) is 9.93 Å². The van der Waals surface area contributed by atoms with Crippen molar-refractivity contribution in [2.75, 3.05) is 5.75 Å². The number of carboxylic acid groups (broad SMARTS) is 1. The van der Waals surface area contributed by atoms with Gasteiger partial charge in [0.05, 0.1) is 22.8 Å². The first-order valence-corrected chi connectivity index (χ1v) is 7.63. The fourth-order valence-corrected chi connectivity index (χ4v) is 5.11. The summed E-state index contributed by atoms with van der Waals surface area (Å²) < 4.78 is 12.0. The lowest BCUT2D eigenvalue weighted by Crippen LogP contribution is -2.60. The van der Waals surface area contributed by atoms with Gasteiger partial charge in [0.15, 0.2) is 5.70 Å². The normalized spacial score (nSPS) is 29.9. The molecule has 0 radical (unpaired) electrons. The van der Waals surface area contributed by atoms with Gasteiger partial charge in [-0.1, -0.05) is 18.7 Å². The molecular weight excluding hydrogens is 278 g/mol. The molecule has 2 heterocycles. The van der Waals surface area contributed by atoms with Crippen LogP contribution in [0.1, 0.15) is 13.8 Å².